The molecule has 1 saturated heterocycles. The molecule has 20 heavy (non-hydrogen) atoms. The predicted molar refractivity (Wildman–Crippen MR) is 84.6 cm³/mol. The van der Waals surface area contributed by atoms with Gasteiger partial charge in [0, 0.05) is 28.8 Å². The lowest BCUT2D eigenvalue weighted by Crippen LogP contribution is -2.29. The number of nitrogens with one attached hydrogen (secondary N) is 2. The van der Waals surface area contributed by atoms with Gasteiger partial charge in [-0.1, -0.05) is 28.1 Å². The van der Waals surface area contributed by atoms with Crippen molar-refractivity contribution in [3.63, 3.8) is 0 Å². The number of aromatic nitrogens is 2. The van der Waals surface area contributed by atoms with Crippen molar-refractivity contribution in [2.45, 2.75) is 18.5 Å². The Morgan fingerprint density at radius 1 is 1.25 bits per heavy atom. The lowest BCUT2D eigenvalue weighted by molar-refractivity contribution is 0.309. The molecule has 2 heterocycles. The molecule has 0 amide bonds. The molecule has 2 aromatic rings. The molecule has 0 unspecified atom stereocenters. The molecule has 1 aromatic carbocycles. The van der Waals surface area contributed by atoms with Crippen LogP contribution in [-0.4, -0.2) is 41.5 Å². The molecule has 1 fully saturated rings. The summed E-state index contributed by atoms with van der Waals surface area (Å²) in [6.07, 6.45) is 3.09. The van der Waals surface area contributed by atoms with Crippen LogP contribution in [0.4, 0.5) is 0 Å². The van der Waals surface area contributed by atoms with Crippen molar-refractivity contribution in [3.8, 4) is 11.3 Å². The first kappa shape index (κ1) is 13.8. The van der Waals surface area contributed by atoms with Crippen LogP contribution in [0.25, 0.3) is 11.3 Å². The van der Waals surface area contributed by atoms with Gasteiger partial charge in [0.2, 0.25) is 0 Å². The van der Waals surface area contributed by atoms with E-state index in [0.717, 1.165) is 34.5 Å². The highest BCUT2D eigenvalue weighted by atomic mass is 79.9. The smallest absolute Gasteiger partial charge is 0.124 e. The molecule has 0 spiro atoms. The van der Waals surface area contributed by atoms with Crippen molar-refractivity contribution in [3.05, 3.63) is 40.8 Å². The highest BCUT2D eigenvalue weighted by molar-refractivity contribution is 9.10. The third-order valence-corrected chi connectivity index (χ3v) is 4.43. The van der Waals surface area contributed by atoms with Gasteiger partial charge in [0.25, 0.3) is 0 Å². The van der Waals surface area contributed by atoms with E-state index in [2.05, 4.69) is 57.4 Å². The second-order valence-corrected chi connectivity index (χ2v) is 6.41. The average molecular weight is 335 g/mol. The maximum absolute atomic E-state index is 4.73. The van der Waals surface area contributed by atoms with E-state index in [4.69, 9.17) is 4.98 Å². The first-order valence-corrected chi connectivity index (χ1v) is 7.64. The number of benzene rings is 1. The maximum atomic E-state index is 4.73. The van der Waals surface area contributed by atoms with Crippen molar-refractivity contribution in [2.24, 2.45) is 0 Å². The summed E-state index contributed by atoms with van der Waals surface area (Å²) in [6, 6.07) is 9.15. The fraction of sp³-hybridized carbons (Fsp3) is 0.400. The van der Waals surface area contributed by atoms with E-state index in [1.165, 1.54) is 0 Å². The molecule has 1 aliphatic rings. The summed E-state index contributed by atoms with van der Waals surface area (Å²) in [4.78, 5) is 10.3. The van der Waals surface area contributed by atoms with Crippen LogP contribution < -0.4 is 5.32 Å². The van der Waals surface area contributed by atoms with Gasteiger partial charge >= 0.3 is 0 Å². The number of hydrogen-bond donors (Lipinski definition) is 2. The molecular formula is C15H19BrN4. The monoisotopic (exact) mass is 334 g/mol. The Kier molecular flexibility index (Phi) is 3.92. The third-order valence-electron chi connectivity index (χ3n) is 3.91. The molecule has 3 rings (SSSR count). The molecule has 0 aliphatic carbocycles. The summed E-state index contributed by atoms with van der Waals surface area (Å²) < 4.78 is 1.09. The lowest BCUT2D eigenvalue weighted by atomic mass is 10.1. The van der Waals surface area contributed by atoms with Gasteiger partial charge in [0.15, 0.2) is 0 Å². The molecule has 4 nitrogen and oxygen atoms in total. The Balaban J connectivity index is 1.76. The van der Waals surface area contributed by atoms with Gasteiger partial charge in [-0.05, 0) is 32.6 Å². The summed E-state index contributed by atoms with van der Waals surface area (Å²) in [5.74, 6) is 1.03. The number of imidazole rings is 1. The second kappa shape index (κ2) is 5.68. The maximum Gasteiger partial charge on any atom is 0.124 e. The van der Waals surface area contributed by atoms with E-state index in [9.17, 15) is 0 Å². The van der Waals surface area contributed by atoms with E-state index >= 15 is 0 Å². The van der Waals surface area contributed by atoms with Crippen LogP contribution in [0.1, 0.15) is 18.3 Å². The van der Waals surface area contributed by atoms with E-state index in [0.29, 0.717) is 12.1 Å². The summed E-state index contributed by atoms with van der Waals surface area (Å²) in [6.45, 7) is 1.02. The minimum absolute atomic E-state index is 0.326. The Bertz CT molecular complexity index is 576. The fourth-order valence-electron chi connectivity index (χ4n) is 2.60. The Morgan fingerprint density at radius 2 is 2.00 bits per heavy atom. The molecule has 1 aromatic heterocycles. The number of nitrogens with zero attached hydrogens (tertiary/aromatic N) is 2. The van der Waals surface area contributed by atoms with Gasteiger partial charge in [0.1, 0.15) is 5.82 Å². The predicted octanol–water partition coefficient (Wildman–Crippen LogP) is 2.80. The quantitative estimate of drug-likeness (QED) is 0.907. The summed E-state index contributed by atoms with van der Waals surface area (Å²) >= 11 is 3.45. The Labute approximate surface area is 127 Å². The highest BCUT2D eigenvalue weighted by Crippen LogP contribution is 2.26. The van der Waals surface area contributed by atoms with Crippen LogP contribution in [0.2, 0.25) is 0 Å². The summed E-state index contributed by atoms with van der Waals surface area (Å²) in [5, 5.41) is 3.54. The van der Waals surface area contributed by atoms with E-state index in [-0.39, 0.29) is 0 Å². The zero-order valence-corrected chi connectivity index (χ0v) is 13.3. The third kappa shape index (κ3) is 2.80. The zero-order chi connectivity index (χ0) is 14.1. The van der Waals surface area contributed by atoms with Gasteiger partial charge in [-0.25, -0.2) is 4.98 Å². The number of aromatic amines is 1. The van der Waals surface area contributed by atoms with E-state index in [1.54, 1.807) is 0 Å². The number of likely N-dealkylation sites (N-methyl/N-ethyl adjacent to an activating group) is 1. The first-order valence-electron chi connectivity index (χ1n) is 6.84. The van der Waals surface area contributed by atoms with Gasteiger partial charge < -0.3 is 15.2 Å². The van der Waals surface area contributed by atoms with Crippen molar-refractivity contribution >= 4 is 15.9 Å². The number of rotatable bonds is 3. The minimum atomic E-state index is 0.326. The molecule has 106 valence electrons. The fourth-order valence-corrected chi connectivity index (χ4v) is 2.87. The number of hydrogen-bond acceptors (Lipinski definition) is 3. The zero-order valence-electron chi connectivity index (χ0n) is 11.7. The van der Waals surface area contributed by atoms with Gasteiger partial charge in [0.05, 0.1) is 11.7 Å². The Hall–Kier alpha value is -1.17. The van der Waals surface area contributed by atoms with Gasteiger partial charge in [-0.2, -0.15) is 0 Å². The molecule has 2 atom stereocenters. The van der Waals surface area contributed by atoms with Crippen LogP contribution in [-0.2, 0) is 0 Å². The summed E-state index contributed by atoms with van der Waals surface area (Å²) in [5.41, 5.74) is 2.14. The van der Waals surface area contributed by atoms with E-state index in [1.807, 2.05) is 18.3 Å². The van der Waals surface area contributed by atoms with Crippen LogP contribution in [0.3, 0.4) is 0 Å². The summed E-state index contributed by atoms with van der Waals surface area (Å²) in [7, 11) is 4.26. The molecule has 5 heteroatoms. The lowest BCUT2D eigenvalue weighted by Gasteiger charge is -2.17. The van der Waals surface area contributed by atoms with Gasteiger partial charge in [-0.3, -0.25) is 0 Å². The normalized spacial score (nSPS) is 22.6. The van der Waals surface area contributed by atoms with Crippen LogP contribution in [0, 0.1) is 0 Å². The first-order chi connectivity index (χ1) is 9.63. The molecular weight excluding hydrogens is 316 g/mol. The van der Waals surface area contributed by atoms with Crippen molar-refractivity contribution in [2.75, 3.05) is 20.6 Å². The molecule has 1 aliphatic heterocycles. The Morgan fingerprint density at radius 3 is 2.65 bits per heavy atom. The standard InChI is InChI=1S/C15H19BrN4/c1-20(2)12-7-13(17-8-12)15-18-9-14(19-15)10-3-5-11(16)6-4-10/h3-6,9,12-13,17H,7-8H2,1-2H3,(H,18,19)/t12-,13-/m0/s1. The topological polar surface area (TPSA) is 44.0 Å². The minimum Gasteiger partial charge on any atom is -0.347 e. The van der Waals surface area contributed by atoms with Crippen molar-refractivity contribution < 1.29 is 0 Å². The number of halogens is 1. The molecule has 0 saturated carbocycles. The van der Waals surface area contributed by atoms with Crippen LogP contribution in [0.5, 0.6) is 0 Å². The SMILES string of the molecule is CN(C)[C@@H]1CN[C@H](c2nc(-c3ccc(Br)cc3)c[nH]2)C1. The van der Waals surface area contributed by atoms with Crippen LogP contribution in [0.15, 0.2) is 34.9 Å². The second-order valence-electron chi connectivity index (χ2n) is 5.49. The van der Waals surface area contributed by atoms with Crippen LogP contribution >= 0.6 is 15.9 Å². The highest BCUT2D eigenvalue weighted by Gasteiger charge is 2.28. The average Bonchev–Trinajstić information content (AvgIpc) is 3.08. The van der Waals surface area contributed by atoms with Crippen molar-refractivity contribution in [1.29, 1.82) is 0 Å². The number of H-pyrrole nitrogens is 1. The van der Waals surface area contributed by atoms with Crippen molar-refractivity contribution in [1.82, 2.24) is 20.2 Å². The largest absolute Gasteiger partial charge is 0.347 e. The molecule has 0 radical (unpaired) electrons. The molecule has 2 N–H and O–H groups in total. The molecule has 0 bridgehead atoms. The van der Waals surface area contributed by atoms with E-state index < -0.39 is 0 Å². The van der Waals surface area contributed by atoms with Gasteiger partial charge in [-0.15, -0.1) is 0 Å².